The quantitative estimate of drug-likeness (QED) is 0.732. The molecule has 1 unspecified atom stereocenters. The van der Waals surface area contributed by atoms with Crippen LogP contribution in [0.4, 0.5) is 0 Å². The van der Waals surface area contributed by atoms with Crippen LogP contribution in [0.3, 0.4) is 0 Å². The van der Waals surface area contributed by atoms with Gasteiger partial charge in [0.1, 0.15) is 0 Å². The summed E-state index contributed by atoms with van der Waals surface area (Å²) in [5.41, 5.74) is 3.42. The molecule has 0 saturated heterocycles. The Morgan fingerprint density at radius 3 is 2.93 bits per heavy atom. The van der Waals surface area contributed by atoms with Crippen molar-refractivity contribution in [3.8, 4) is 6.07 Å². The number of nitrogens with zero attached hydrogens (tertiary/aromatic N) is 2. The fourth-order valence-corrected chi connectivity index (χ4v) is 2.16. The summed E-state index contributed by atoms with van der Waals surface area (Å²) in [6.07, 6.45) is 1.02. The summed E-state index contributed by atoms with van der Waals surface area (Å²) in [5, 5.41) is 9.11. The number of fused-ring (bicyclic) bond motifs is 1. The van der Waals surface area contributed by atoms with Crippen molar-refractivity contribution >= 4 is 12.6 Å². The van der Waals surface area contributed by atoms with Crippen molar-refractivity contribution in [3.63, 3.8) is 0 Å². The number of hydrogen-bond acceptors (Lipinski definition) is 3. The van der Waals surface area contributed by atoms with E-state index in [0.717, 1.165) is 25.1 Å². The predicted octanol–water partition coefficient (Wildman–Crippen LogP) is 2.19. The zero-order valence-electron chi connectivity index (χ0n) is 8.77. The third kappa shape index (κ3) is 2.17. The maximum Gasteiger partial charge on any atom is 0.0991 e. The van der Waals surface area contributed by atoms with E-state index in [4.69, 9.17) is 5.26 Å². The van der Waals surface area contributed by atoms with Crippen molar-refractivity contribution in [3.05, 3.63) is 34.9 Å². The van der Waals surface area contributed by atoms with Crippen LogP contribution in [0.5, 0.6) is 0 Å². The van der Waals surface area contributed by atoms with Crippen LogP contribution in [0.25, 0.3) is 0 Å². The van der Waals surface area contributed by atoms with Crippen LogP contribution in [0.15, 0.2) is 18.2 Å². The Labute approximate surface area is 95.9 Å². The summed E-state index contributed by atoms with van der Waals surface area (Å²) in [5.74, 6) is 0. The van der Waals surface area contributed by atoms with E-state index >= 15 is 0 Å². The number of nitriles is 1. The first-order valence-electron chi connectivity index (χ1n) is 5.14. The smallest absolute Gasteiger partial charge is 0.0991 e. The van der Waals surface area contributed by atoms with Gasteiger partial charge in [0.15, 0.2) is 0 Å². The van der Waals surface area contributed by atoms with Crippen LogP contribution in [-0.2, 0) is 13.0 Å². The zero-order valence-corrected chi connectivity index (χ0v) is 9.67. The SMILES string of the molecule is CC(S)N1CCc2cc(C#N)ccc2C1. The Balaban J connectivity index is 2.25. The molecule has 3 heteroatoms. The van der Waals surface area contributed by atoms with Gasteiger partial charge < -0.3 is 0 Å². The fourth-order valence-electron chi connectivity index (χ4n) is 1.96. The highest BCUT2D eigenvalue weighted by molar-refractivity contribution is 7.80. The van der Waals surface area contributed by atoms with Gasteiger partial charge in [-0.2, -0.15) is 17.9 Å². The summed E-state index contributed by atoms with van der Waals surface area (Å²) in [6.45, 7) is 4.08. The summed E-state index contributed by atoms with van der Waals surface area (Å²) in [6, 6.07) is 8.15. The van der Waals surface area contributed by atoms with E-state index in [9.17, 15) is 0 Å². The van der Waals surface area contributed by atoms with E-state index in [1.165, 1.54) is 11.1 Å². The maximum atomic E-state index is 8.81. The monoisotopic (exact) mass is 218 g/mol. The van der Waals surface area contributed by atoms with Crippen LogP contribution >= 0.6 is 12.6 Å². The van der Waals surface area contributed by atoms with E-state index in [1.807, 2.05) is 12.1 Å². The van der Waals surface area contributed by atoms with Gasteiger partial charge in [0.05, 0.1) is 17.0 Å². The van der Waals surface area contributed by atoms with Gasteiger partial charge in [-0.1, -0.05) is 6.07 Å². The molecule has 0 saturated carbocycles. The third-order valence-electron chi connectivity index (χ3n) is 2.91. The largest absolute Gasteiger partial charge is 0.287 e. The standard InChI is InChI=1S/C12H14N2S/c1-9(15)14-5-4-11-6-10(7-13)2-3-12(11)8-14/h2-3,6,9,15H,4-5,8H2,1H3. The average molecular weight is 218 g/mol. The summed E-state index contributed by atoms with van der Waals surface area (Å²) < 4.78 is 0. The first-order chi connectivity index (χ1) is 7.20. The van der Waals surface area contributed by atoms with Gasteiger partial charge in [-0.15, -0.1) is 0 Å². The van der Waals surface area contributed by atoms with E-state index in [2.05, 4.69) is 36.6 Å². The fraction of sp³-hybridized carbons (Fsp3) is 0.417. The van der Waals surface area contributed by atoms with Crippen LogP contribution in [0, 0.1) is 11.3 Å². The zero-order chi connectivity index (χ0) is 10.8. The van der Waals surface area contributed by atoms with Crippen molar-refractivity contribution in [2.24, 2.45) is 0 Å². The van der Waals surface area contributed by atoms with E-state index < -0.39 is 0 Å². The number of rotatable bonds is 1. The van der Waals surface area contributed by atoms with Crippen molar-refractivity contribution in [2.45, 2.75) is 25.3 Å². The van der Waals surface area contributed by atoms with Gasteiger partial charge >= 0.3 is 0 Å². The second-order valence-electron chi connectivity index (χ2n) is 3.95. The van der Waals surface area contributed by atoms with E-state index in [0.29, 0.717) is 5.37 Å². The molecule has 1 heterocycles. The van der Waals surface area contributed by atoms with E-state index in [1.54, 1.807) is 0 Å². The van der Waals surface area contributed by atoms with Crippen molar-refractivity contribution in [1.82, 2.24) is 4.90 Å². The molecule has 0 spiro atoms. The molecule has 1 aromatic carbocycles. The highest BCUT2D eigenvalue weighted by Gasteiger charge is 2.18. The first kappa shape index (κ1) is 10.5. The molecule has 0 radical (unpaired) electrons. The Kier molecular flexibility index (Phi) is 2.99. The van der Waals surface area contributed by atoms with Gasteiger partial charge in [-0.05, 0) is 36.6 Å². The van der Waals surface area contributed by atoms with Crippen LogP contribution < -0.4 is 0 Å². The highest BCUT2D eigenvalue weighted by atomic mass is 32.1. The molecule has 0 N–H and O–H groups in total. The molecular formula is C12H14N2S. The molecule has 1 aromatic rings. The van der Waals surface area contributed by atoms with Crippen molar-refractivity contribution in [1.29, 1.82) is 5.26 Å². The van der Waals surface area contributed by atoms with E-state index in [-0.39, 0.29) is 0 Å². The normalized spacial score (nSPS) is 17.9. The highest BCUT2D eigenvalue weighted by Crippen LogP contribution is 2.22. The molecule has 2 rings (SSSR count). The molecule has 0 aliphatic carbocycles. The van der Waals surface area contributed by atoms with Crippen LogP contribution in [-0.4, -0.2) is 16.8 Å². The molecule has 1 atom stereocenters. The minimum absolute atomic E-state index is 0.300. The number of benzene rings is 1. The molecular weight excluding hydrogens is 204 g/mol. The number of thiol groups is 1. The Morgan fingerprint density at radius 1 is 1.47 bits per heavy atom. The molecule has 0 bridgehead atoms. The maximum absolute atomic E-state index is 8.81. The van der Waals surface area contributed by atoms with Gasteiger partial charge in [0.2, 0.25) is 0 Å². The van der Waals surface area contributed by atoms with Gasteiger partial charge in [-0.25, -0.2) is 0 Å². The first-order valence-corrected chi connectivity index (χ1v) is 5.66. The second kappa shape index (κ2) is 4.26. The van der Waals surface area contributed by atoms with Crippen LogP contribution in [0.2, 0.25) is 0 Å². The summed E-state index contributed by atoms with van der Waals surface area (Å²) in [7, 11) is 0. The van der Waals surface area contributed by atoms with Crippen molar-refractivity contribution < 1.29 is 0 Å². The van der Waals surface area contributed by atoms with Gasteiger partial charge in [0, 0.05) is 13.1 Å². The molecule has 1 aliphatic heterocycles. The van der Waals surface area contributed by atoms with Crippen molar-refractivity contribution in [2.75, 3.05) is 6.54 Å². The molecule has 0 fully saturated rings. The van der Waals surface area contributed by atoms with Crippen LogP contribution in [0.1, 0.15) is 23.6 Å². The minimum atomic E-state index is 0.300. The van der Waals surface area contributed by atoms with Gasteiger partial charge in [0.25, 0.3) is 0 Å². The molecule has 0 amide bonds. The summed E-state index contributed by atoms with van der Waals surface area (Å²) >= 11 is 4.44. The molecule has 1 aliphatic rings. The lowest BCUT2D eigenvalue weighted by Crippen LogP contribution is -2.34. The third-order valence-corrected chi connectivity index (χ3v) is 3.23. The lowest BCUT2D eigenvalue weighted by Gasteiger charge is -2.31. The minimum Gasteiger partial charge on any atom is -0.287 e. The lowest BCUT2D eigenvalue weighted by atomic mass is 9.98. The Bertz CT molecular complexity index is 407. The Hall–Kier alpha value is -0.980. The average Bonchev–Trinajstić information content (AvgIpc) is 2.27. The topological polar surface area (TPSA) is 27.0 Å². The predicted molar refractivity (Wildman–Crippen MR) is 63.7 cm³/mol. The second-order valence-corrected chi connectivity index (χ2v) is 4.69. The molecule has 2 nitrogen and oxygen atoms in total. The number of hydrogen-bond donors (Lipinski definition) is 1. The molecule has 15 heavy (non-hydrogen) atoms. The molecule has 78 valence electrons. The summed E-state index contributed by atoms with van der Waals surface area (Å²) in [4.78, 5) is 2.33. The molecule has 0 aromatic heterocycles. The Morgan fingerprint density at radius 2 is 2.27 bits per heavy atom. The lowest BCUT2D eigenvalue weighted by molar-refractivity contribution is 0.248. The van der Waals surface area contributed by atoms with Gasteiger partial charge in [-0.3, -0.25) is 4.90 Å².